The summed E-state index contributed by atoms with van der Waals surface area (Å²) < 4.78 is 12.6. The van der Waals surface area contributed by atoms with Crippen molar-refractivity contribution in [1.82, 2.24) is 0 Å². The van der Waals surface area contributed by atoms with Crippen LogP contribution in [-0.2, 0) is 6.42 Å². The highest BCUT2D eigenvalue weighted by Gasteiger charge is 1.98. The van der Waals surface area contributed by atoms with E-state index in [1.54, 1.807) is 18.2 Å². The predicted octanol–water partition coefficient (Wildman–Crippen LogP) is 3.21. The zero-order chi connectivity index (χ0) is 8.27. The Kier molecular flexibility index (Phi) is 2.66. The first kappa shape index (κ1) is 8.28. The summed E-state index contributed by atoms with van der Waals surface area (Å²) in [6, 6.07) is 4.67. The molecule has 0 N–H and O–H groups in total. The Morgan fingerprint density at radius 3 is 2.82 bits per heavy atom. The maximum absolute atomic E-state index is 12.6. The van der Waals surface area contributed by atoms with Gasteiger partial charge in [-0.15, -0.1) is 6.58 Å². The van der Waals surface area contributed by atoms with E-state index in [-0.39, 0.29) is 10.8 Å². The molecule has 0 unspecified atom stereocenters. The van der Waals surface area contributed by atoms with Gasteiger partial charge >= 0.3 is 0 Å². The van der Waals surface area contributed by atoms with Gasteiger partial charge in [0.1, 0.15) is 5.82 Å². The maximum Gasteiger partial charge on any atom is 0.141 e. The van der Waals surface area contributed by atoms with Crippen LogP contribution in [-0.4, -0.2) is 0 Å². The van der Waals surface area contributed by atoms with E-state index in [2.05, 4.69) is 6.58 Å². The van der Waals surface area contributed by atoms with Crippen LogP contribution in [0.25, 0.3) is 0 Å². The van der Waals surface area contributed by atoms with E-state index in [1.807, 2.05) is 0 Å². The minimum Gasteiger partial charge on any atom is -0.205 e. The summed E-state index contributed by atoms with van der Waals surface area (Å²) in [6.45, 7) is 3.57. The second-order valence-electron chi connectivity index (χ2n) is 2.24. The lowest BCUT2D eigenvalue weighted by Crippen LogP contribution is -1.82. The molecule has 0 aromatic heterocycles. The SMILES string of the molecule is C=CCc1ccc(F)c(Cl)c1. The molecule has 0 saturated heterocycles. The molecule has 0 radical (unpaired) electrons. The molecule has 0 nitrogen and oxygen atoms in total. The molecular weight excluding hydrogens is 163 g/mol. The molecule has 0 heterocycles. The molecule has 0 saturated carbocycles. The van der Waals surface area contributed by atoms with Gasteiger partial charge in [0.25, 0.3) is 0 Å². The Hall–Kier alpha value is -0.820. The van der Waals surface area contributed by atoms with Crippen LogP contribution >= 0.6 is 11.6 Å². The molecule has 11 heavy (non-hydrogen) atoms. The van der Waals surface area contributed by atoms with Crippen molar-refractivity contribution < 1.29 is 4.39 Å². The normalized spacial score (nSPS) is 9.64. The van der Waals surface area contributed by atoms with Gasteiger partial charge in [-0.3, -0.25) is 0 Å². The highest BCUT2D eigenvalue weighted by Crippen LogP contribution is 2.16. The van der Waals surface area contributed by atoms with Crippen LogP contribution < -0.4 is 0 Å². The highest BCUT2D eigenvalue weighted by atomic mass is 35.5. The first-order valence-corrected chi connectivity index (χ1v) is 3.66. The van der Waals surface area contributed by atoms with Gasteiger partial charge in [0, 0.05) is 0 Å². The largest absolute Gasteiger partial charge is 0.205 e. The summed E-state index contributed by atoms with van der Waals surface area (Å²) >= 11 is 5.54. The summed E-state index contributed by atoms with van der Waals surface area (Å²) in [4.78, 5) is 0. The molecule has 1 rings (SSSR count). The molecule has 58 valence electrons. The Balaban J connectivity index is 2.95. The summed E-state index contributed by atoms with van der Waals surface area (Å²) in [5.74, 6) is -0.375. The summed E-state index contributed by atoms with van der Waals surface area (Å²) in [6.07, 6.45) is 2.48. The minimum absolute atomic E-state index is 0.171. The van der Waals surface area contributed by atoms with E-state index in [4.69, 9.17) is 11.6 Å². The fourth-order valence-electron chi connectivity index (χ4n) is 0.833. The number of hydrogen-bond acceptors (Lipinski definition) is 0. The van der Waals surface area contributed by atoms with Gasteiger partial charge in [-0.25, -0.2) is 4.39 Å². The summed E-state index contributed by atoms with van der Waals surface area (Å²) in [7, 11) is 0. The lowest BCUT2D eigenvalue weighted by molar-refractivity contribution is 0.627. The number of benzene rings is 1. The third kappa shape index (κ3) is 2.05. The van der Waals surface area contributed by atoms with E-state index < -0.39 is 0 Å². The van der Waals surface area contributed by atoms with Crippen LogP contribution in [0.15, 0.2) is 30.9 Å². The zero-order valence-corrected chi connectivity index (χ0v) is 6.74. The van der Waals surface area contributed by atoms with Crippen LogP contribution in [0.5, 0.6) is 0 Å². The Bertz CT molecular complexity index is 268. The van der Waals surface area contributed by atoms with Crippen molar-refractivity contribution >= 4 is 11.6 Å². The molecule has 2 heteroatoms. The van der Waals surface area contributed by atoms with Gasteiger partial charge in [-0.05, 0) is 24.1 Å². The molecule has 0 atom stereocenters. The number of allylic oxidation sites excluding steroid dienone is 1. The van der Waals surface area contributed by atoms with Crippen LogP contribution in [0, 0.1) is 5.82 Å². The molecule has 0 amide bonds. The van der Waals surface area contributed by atoms with Crippen molar-refractivity contribution in [3.8, 4) is 0 Å². The molecule has 0 fully saturated rings. The summed E-state index contributed by atoms with van der Waals surface area (Å²) in [5, 5.41) is 0.171. The van der Waals surface area contributed by atoms with Gasteiger partial charge in [0.05, 0.1) is 5.02 Å². The average molecular weight is 171 g/mol. The van der Waals surface area contributed by atoms with Crippen LogP contribution in [0.4, 0.5) is 4.39 Å². The second kappa shape index (κ2) is 3.54. The standard InChI is InChI=1S/C9H8ClF/c1-2-3-7-4-5-9(11)8(10)6-7/h2,4-6H,1,3H2. The van der Waals surface area contributed by atoms with Crippen LogP contribution in [0.3, 0.4) is 0 Å². The fraction of sp³-hybridized carbons (Fsp3) is 0.111. The second-order valence-corrected chi connectivity index (χ2v) is 2.65. The molecule has 0 aliphatic heterocycles. The average Bonchev–Trinajstić information content (AvgIpc) is 1.98. The van der Waals surface area contributed by atoms with E-state index in [1.165, 1.54) is 6.07 Å². The fourth-order valence-corrected chi connectivity index (χ4v) is 1.04. The van der Waals surface area contributed by atoms with Crippen molar-refractivity contribution in [3.63, 3.8) is 0 Å². The lowest BCUT2D eigenvalue weighted by atomic mass is 10.1. The Morgan fingerprint density at radius 1 is 1.55 bits per heavy atom. The van der Waals surface area contributed by atoms with Crippen molar-refractivity contribution in [3.05, 3.63) is 47.3 Å². The van der Waals surface area contributed by atoms with E-state index >= 15 is 0 Å². The van der Waals surface area contributed by atoms with Crippen molar-refractivity contribution in [1.29, 1.82) is 0 Å². The van der Waals surface area contributed by atoms with Crippen LogP contribution in [0.1, 0.15) is 5.56 Å². The van der Waals surface area contributed by atoms with E-state index in [9.17, 15) is 4.39 Å². The van der Waals surface area contributed by atoms with Crippen molar-refractivity contribution in [2.45, 2.75) is 6.42 Å². The zero-order valence-electron chi connectivity index (χ0n) is 5.98. The predicted molar refractivity (Wildman–Crippen MR) is 45.3 cm³/mol. The van der Waals surface area contributed by atoms with Gasteiger partial charge in [0.15, 0.2) is 0 Å². The third-order valence-corrected chi connectivity index (χ3v) is 1.65. The molecule has 1 aromatic carbocycles. The number of rotatable bonds is 2. The quantitative estimate of drug-likeness (QED) is 0.598. The minimum atomic E-state index is -0.375. The molecule has 1 aromatic rings. The van der Waals surface area contributed by atoms with Crippen molar-refractivity contribution in [2.24, 2.45) is 0 Å². The lowest BCUT2D eigenvalue weighted by Gasteiger charge is -1.97. The topological polar surface area (TPSA) is 0 Å². The monoisotopic (exact) mass is 170 g/mol. The van der Waals surface area contributed by atoms with Crippen LogP contribution in [0.2, 0.25) is 5.02 Å². The van der Waals surface area contributed by atoms with E-state index in [0.717, 1.165) is 12.0 Å². The van der Waals surface area contributed by atoms with Crippen molar-refractivity contribution in [2.75, 3.05) is 0 Å². The van der Waals surface area contributed by atoms with Gasteiger partial charge in [-0.2, -0.15) is 0 Å². The molecular formula is C9H8ClF. The number of halogens is 2. The first-order chi connectivity index (χ1) is 5.24. The Labute approximate surface area is 70.3 Å². The van der Waals surface area contributed by atoms with Gasteiger partial charge < -0.3 is 0 Å². The van der Waals surface area contributed by atoms with Gasteiger partial charge in [0.2, 0.25) is 0 Å². The van der Waals surface area contributed by atoms with E-state index in [0.29, 0.717) is 0 Å². The summed E-state index contributed by atoms with van der Waals surface area (Å²) in [5.41, 5.74) is 0.978. The number of hydrogen-bond donors (Lipinski definition) is 0. The molecule has 0 bridgehead atoms. The highest BCUT2D eigenvalue weighted by molar-refractivity contribution is 6.30. The molecule has 0 spiro atoms. The van der Waals surface area contributed by atoms with Gasteiger partial charge in [-0.1, -0.05) is 23.7 Å². The molecule has 0 aliphatic rings. The Morgan fingerprint density at radius 2 is 2.27 bits per heavy atom. The molecule has 0 aliphatic carbocycles. The third-order valence-electron chi connectivity index (χ3n) is 1.36. The first-order valence-electron chi connectivity index (χ1n) is 3.29. The maximum atomic E-state index is 12.6. The smallest absolute Gasteiger partial charge is 0.141 e.